The third kappa shape index (κ3) is 2.28. The normalized spacial score (nSPS) is 27.9. The maximum atomic E-state index is 13.7. The van der Waals surface area contributed by atoms with Crippen molar-refractivity contribution in [3.63, 3.8) is 0 Å². The molecule has 2 heterocycles. The van der Waals surface area contributed by atoms with Gasteiger partial charge in [0, 0.05) is 24.1 Å². The Bertz CT molecular complexity index is 992. The van der Waals surface area contributed by atoms with Gasteiger partial charge in [-0.1, -0.05) is 43.3 Å². The fourth-order valence-corrected chi connectivity index (χ4v) is 5.67. The van der Waals surface area contributed by atoms with Crippen molar-refractivity contribution in [2.24, 2.45) is 16.7 Å². The molecule has 146 valence electrons. The van der Waals surface area contributed by atoms with Crippen LogP contribution < -0.4 is 0 Å². The summed E-state index contributed by atoms with van der Waals surface area (Å²) in [5.74, 6) is 1.24. The van der Waals surface area contributed by atoms with E-state index in [9.17, 15) is 9.18 Å². The van der Waals surface area contributed by atoms with Gasteiger partial charge in [0.15, 0.2) is 0 Å². The lowest BCUT2D eigenvalue weighted by atomic mass is 9.68. The quantitative estimate of drug-likeness (QED) is 0.707. The predicted octanol–water partition coefficient (Wildman–Crippen LogP) is 4.75. The minimum absolute atomic E-state index is 0.0266. The molecule has 1 aromatic carbocycles. The highest BCUT2D eigenvalue weighted by atomic mass is 19.1. The third-order valence-corrected chi connectivity index (χ3v) is 7.51. The summed E-state index contributed by atoms with van der Waals surface area (Å²) in [5, 5.41) is 4.19. The van der Waals surface area contributed by atoms with E-state index in [4.69, 9.17) is 4.52 Å². The van der Waals surface area contributed by atoms with Gasteiger partial charge in [-0.15, -0.1) is 0 Å². The van der Waals surface area contributed by atoms with E-state index in [-0.39, 0.29) is 17.1 Å². The van der Waals surface area contributed by atoms with Gasteiger partial charge in [-0.05, 0) is 42.7 Å². The van der Waals surface area contributed by atoms with Crippen molar-refractivity contribution in [1.82, 2.24) is 10.1 Å². The average Bonchev–Trinajstić information content (AvgIpc) is 3.35. The maximum Gasteiger partial charge on any atom is 0.233 e. The van der Waals surface area contributed by atoms with Crippen LogP contribution in [-0.4, -0.2) is 22.5 Å². The van der Waals surface area contributed by atoms with Crippen LogP contribution >= 0.6 is 0 Å². The van der Waals surface area contributed by atoms with Crippen molar-refractivity contribution in [2.45, 2.75) is 46.1 Å². The molecule has 2 aromatic rings. The number of amides is 1. The van der Waals surface area contributed by atoms with Crippen molar-refractivity contribution in [3.05, 3.63) is 53.6 Å². The van der Waals surface area contributed by atoms with Crippen LogP contribution in [0, 0.1) is 22.6 Å². The molecule has 2 atom stereocenters. The van der Waals surface area contributed by atoms with Crippen molar-refractivity contribution >= 4 is 5.91 Å². The lowest BCUT2D eigenvalue weighted by Crippen LogP contribution is -2.46. The van der Waals surface area contributed by atoms with E-state index in [1.165, 1.54) is 12.1 Å². The Morgan fingerprint density at radius 3 is 2.93 bits per heavy atom. The molecule has 0 radical (unpaired) electrons. The molecule has 5 rings (SSSR count). The fourth-order valence-electron chi connectivity index (χ4n) is 5.67. The highest BCUT2D eigenvalue weighted by Crippen LogP contribution is 2.66. The number of rotatable bonds is 2. The number of carbonyl (C=O) groups is 1. The Morgan fingerprint density at radius 2 is 2.21 bits per heavy atom. The summed E-state index contributed by atoms with van der Waals surface area (Å²) in [6, 6.07) is 6.36. The summed E-state index contributed by atoms with van der Waals surface area (Å²) < 4.78 is 19.2. The van der Waals surface area contributed by atoms with Crippen molar-refractivity contribution < 1.29 is 13.7 Å². The second-order valence-electron chi connectivity index (χ2n) is 9.14. The number of fused-ring (bicyclic) bond motifs is 3. The van der Waals surface area contributed by atoms with Gasteiger partial charge in [-0.25, -0.2) is 4.39 Å². The third-order valence-electron chi connectivity index (χ3n) is 7.51. The number of carbonyl (C=O) groups excluding carboxylic acids is 1. The second kappa shape index (κ2) is 5.79. The summed E-state index contributed by atoms with van der Waals surface area (Å²) in [7, 11) is 0. The molecule has 1 aliphatic heterocycles. The first kappa shape index (κ1) is 17.7. The Hall–Kier alpha value is -2.43. The summed E-state index contributed by atoms with van der Waals surface area (Å²) >= 11 is 0. The molecule has 3 aliphatic rings. The van der Waals surface area contributed by atoms with Gasteiger partial charge in [0.05, 0.1) is 12.0 Å². The molecular formula is C23H25FN2O2. The molecule has 2 fully saturated rings. The summed E-state index contributed by atoms with van der Waals surface area (Å²) in [4.78, 5) is 15.6. The number of nitrogens with zero attached hydrogens (tertiary/aromatic N) is 2. The van der Waals surface area contributed by atoms with Gasteiger partial charge < -0.3 is 9.42 Å². The van der Waals surface area contributed by atoms with Crippen LogP contribution in [0.4, 0.5) is 4.39 Å². The van der Waals surface area contributed by atoms with E-state index in [1.54, 1.807) is 6.07 Å². The van der Waals surface area contributed by atoms with Crippen LogP contribution in [0.2, 0.25) is 0 Å². The zero-order chi connectivity index (χ0) is 19.7. The topological polar surface area (TPSA) is 46.3 Å². The molecule has 5 heteroatoms. The smallest absolute Gasteiger partial charge is 0.233 e. The molecular weight excluding hydrogens is 355 g/mol. The van der Waals surface area contributed by atoms with Crippen LogP contribution in [0.25, 0.3) is 11.3 Å². The van der Waals surface area contributed by atoms with Gasteiger partial charge >= 0.3 is 0 Å². The molecule has 0 spiro atoms. The molecule has 2 aliphatic carbocycles. The first-order valence-corrected chi connectivity index (χ1v) is 10.1. The molecule has 28 heavy (non-hydrogen) atoms. The van der Waals surface area contributed by atoms with Gasteiger partial charge in [0.2, 0.25) is 5.91 Å². The largest absolute Gasteiger partial charge is 0.360 e. The number of benzene rings is 1. The lowest BCUT2D eigenvalue weighted by Gasteiger charge is -2.40. The predicted molar refractivity (Wildman–Crippen MR) is 104 cm³/mol. The highest BCUT2D eigenvalue weighted by molar-refractivity contribution is 5.88. The number of halogens is 1. The molecule has 2 bridgehead atoms. The van der Waals surface area contributed by atoms with E-state index < -0.39 is 5.41 Å². The van der Waals surface area contributed by atoms with E-state index in [0.717, 1.165) is 36.2 Å². The highest BCUT2D eigenvalue weighted by Gasteiger charge is 2.61. The molecule has 2 saturated carbocycles. The Balaban J connectivity index is 1.46. The summed E-state index contributed by atoms with van der Waals surface area (Å²) in [6.45, 7) is 9.91. The van der Waals surface area contributed by atoms with Crippen molar-refractivity contribution in [1.29, 1.82) is 0 Å². The molecule has 0 N–H and O–H groups in total. The van der Waals surface area contributed by atoms with Crippen LogP contribution in [0.15, 0.2) is 40.9 Å². The minimum Gasteiger partial charge on any atom is -0.360 e. The molecule has 1 aromatic heterocycles. The van der Waals surface area contributed by atoms with Crippen molar-refractivity contribution in [3.8, 4) is 11.3 Å². The van der Waals surface area contributed by atoms with E-state index in [2.05, 4.69) is 25.6 Å². The monoisotopic (exact) mass is 380 g/mol. The fraction of sp³-hybridized carbons (Fsp3) is 0.478. The molecule has 0 unspecified atom stereocenters. The van der Waals surface area contributed by atoms with Crippen LogP contribution in [0.3, 0.4) is 0 Å². The summed E-state index contributed by atoms with van der Waals surface area (Å²) in [5.41, 5.74) is 2.94. The van der Waals surface area contributed by atoms with Gasteiger partial charge in [-0.3, -0.25) is 4.79 Å². The average molecular weight is 380 g/mol. The minimum atomic E-state index is -0.415. The molecule has 4 nitrogen and oxygen atoms in total. The van der Waals surface area contributed by atoms with E-state index >= 15 is 0 Å². The number of aromatic nitrogens is 1. The van der Waals surface area contributed by atoms with Crippen LogP contribution in [-0.2, 0) is 17.8 Å². The Kier molecular flexibility index (Phi) is 3.65. The van der Waals surface area contributed by atoms with Crippen LogP contribution in [0.1, 0.15) is 44.4 Å². The lowest BCUT2D eigenvalue weighted by molar-refractivity contribution is -0.140. The van der Waals surface area contributed by atoms with Gasteiger partial charge in [0.25, 0.3) is 0 Å². The van der Waals surface area contributed by atoms with Crippen molar-refractivity contribution in [2.75, 3.05) is 6.54 Å². The zero-order valence-corrected chi connectivity index (χ0v) is 16.4. The number of hydrogen-bond donors (Lipinski definition) is 0. The first-order chi connectivity index (χ1) is 13.3. The first-order valence-electron chi connectivity index (χ1n) is 10.1. The van der Waals surface area contributed by atoms with Gasteiger partial charge in [0.1, 0.15) is 17.3 Å². The van der Waals surface area contributed by atoms with Crippen LogP contribution in [0.5, 0.6) is 0 Å². The zero-order valence-electron chi connectivity index (χ0n) is 16.4. The maximum absolute atomic E-state index is 13.7. The summed E-state index contributed by atoms with van der Waals surface area (Å²) in [6.07, 6.45) is 3.56. The SMILES string of the molecule is C=C1C(C)(C)[C@@H]2CC[C@@]1(C(=O)N1CCc3onc(-c4cccc(F)c4)c3C1)C2. The molecule has 1 amide bonds. The van der Waals surface area contributed by atoms with E-state index in [0.29, 0.717) is 36.7 Å². The standard InChI is InChI=1S/C23H25FN2O2/c1-14-22(2,3)16-7-9-23(14,12-16)21(27)26-10-8-19-18(13-26)20(25-28-19)15-5-4-6-17(24)11-15/h4-6,11,16H,1,7-10,12-13H2,2-3H3/t16-,23-/m1/s1. The van der Waals surface area contributed by atoms with E-state index in [1.807, 2.05) is 11.0 Å². The Morgan fingerprint density at radius 1 is 1.39 bits per heavy atom. The Labute approximate surface area is 164 Å². The second-order valence-corrected chi connectivity index (χ2v) is 9.14. The van der Waals surface area contributed by atoms with Gasteiger partial charge in [-0.2, -0.15) is 0 Å². The molecule has 0 saturated heterocycles. The number of hydrogen-bond acceptors (Lipinski definition) is 3.